The largest absolute Gasteiger partial charge is 0.496 e. The predicted molar refractivity (Wildman–Crippen MR) is 53.1 cm³/mol. The van der Waals surface area contributed by atoms with Crippen LogP contribution in [-0.4, -0.2) is 7.11 Å². The molecule has 0 aliphatic rings. The van der Waals surface area contributed by atoms with E-state index in [0.717, 1.165) is 5.75 Å². The van der Waals surface area contributed by atoms with Crippen LogP contribution in [0.4, 0.5) is 0 Å². The van der Waals surface area contributed by atoms with E-state index in [1.807, 2.05) is 6.07 Å². The highest BCUT2D eigenvalue weighted by Gasteiger charge is 2.03. The number of ether oxygens (including phenoxy) is 1. The van der Waals surface area contributed by atoms with Gasteiger partial charge in [-0.25, -0.2) is 0 Å². The molecule has 1 aromatic heterocycles. The number of thiophene rings is 1. The second-order valence-corrected chi connectivity index (χ2v) is 3.66. The molecule has 0 aliphatic heterocycles. The summed E-state index contributed by atoms with van der Waals surface area (Å²) in [5, 5.41) is 3.32. The molecule has 0 unspecified atom stereocenters. The van der Waals surface area contributed by atoms with Crippen molar-refractivity contribution < 1.29 is 4.74 Å². The Labute approximate surface area is 75.6 Å². The van der Waals surface area contributed by atoms with Crippen molar-refractivity contribution in [3.8, 4) is 5.75 Å². The first kappa shape index (κ1) is 7.62. The lowest BCUT2D eigenvalue weighted by molar-refractivity contribution is 0.420. The third kappa shape index (κ3) is 0.994. The van der Waals surface area contributed by atoms with E-state index < -0.39 is 0 Å². The van der Waals surface area contributed by atoms with Gasteiger partial charge in [0.2, 0.25) is 0 Å². The Kier molecular flexibility index (Phi) is 1.77. The molecule has 0 radical (unpaired) electrons. The van der Waals surface area contributed by atoms with Crippen molar-refractivity contribution in [3.05, 3.63) is 29.1 Å². The van der Waals surface area contributed by atoms with Crippen molar-refractivity contribution in [3.63, 3.8) is 0 Å². The summed E-state index contributed by atoms with van der Waals surface area (Å²) in [7, 11) is 1.71. The predicted octanol–water partition coefficient (Wildman–Crippen LogP) is 3.22. The number of rotatable bonds is 1. The molecule has 0 spiro atoms. The molecule has 1 aromatic carbocycles. The van der Waals surface area contributed by atoms with Gasteiger partial charge in [0, 0.05) is 10.1 Å². The molecule has 62 valence electrons. The van der Waals surface area contributed by atoms with Crippen LogP contribution in [-0.2, 0) is 0 Å². The van der Waals surface area contributed by atoms with Crippen molar-refractivity contribution in [2.75, 3.05) is 7.11 Å². The Morgan fingerprint density at radius 3 is 2.83 bits per heavy atom. The van der Waals surface area contributed by atoms with Gasteiger partial charge in [0.25, 0.3) is 0 Å². The second kappa shape index (κ2) is 2.79. The summed E-state index contributed by atoms with van der Waals surface area (Å²) < 4.78 is 6.58. The fourth-order valence-corrected chi connectivity index (χ4v) is 2.24. The van der Waals surface area contributed by atoms with Crippen LogP contribution in [0, 0.1) is 6.92 Å². The third-order valence-corrected chi connectivity index (χ3v) is 3.04. The molecule has 12 heavy (non-hydrogen) atoms. The number of methoxy groups -OCH3 is 1. The summed E-state index contributed by atoms with van der Waals surface area (Å²) in [6, 6.07) is 6.22. The Morgan fingerprint density at radius 2 is 2.08 bits per heavy atom. The first-order valence-electron chi connectivity index (χ1n) is 3.83. The summed E-state index contributed by atoms with van der Waals surface area (Å²) in [4.78, 5) is 0. The van der Waals surface area contributed by atoms with Gasteiger partial charge in [-0.2, -0.15) is 0 Å². The highest BCUT2D eigenvalue weighted by atomic mass is 32.1. The van der Waals surface area contributed by atoms with E-state index in [4.69, 9.17) is 4.74 Å². The maximum absolute atomic E-state index is 5.25. The Hall–Kier alpha value is -1.02. The molecule has 2 aromatic rings. The van der Waals surface area contributed by atoms with Gasteiger partial charge < -0.3 is 4.74 Å². The van der Waals surface area contributed by atoms with Crippen LogP contribution >= 0.6 is 11.3 Å². The number of benzene rings is 1. The van der Waals surface area contributed by atoms with E-state index in [-0.39, 0.29) is 0 Å². The van der Waals surface area contributed by atoms with Crippen LogP contribution in [0.1, 0.15) is 5.56 Å². The van der Waals surface area contributed by atoms with Crippen molar-refractivity contribution in [1.29, 1.82) is 0 Å². The maximum Gasteiger partial charge on any atom is 0.127 e. The fraction of sp³-hybridized carbons (Fsp3) is 0.200. The summed E-state index contributed by atoms with van der Waals surface area (Å²) >= 11 is 1.76. The van der Waals surface area contributed by atoms with E-state index in [0.29, 0.717) is 0 Å². The number of fused-ring (bicyclic) bond motifs is 1. The van der Waals surface area contributed by atoms with Crippen molar-refractivity contribution in [2.24, 2.45) is 0 Å². The summed E-state index contributed by atoms with van der Waals surface area (Å²) in [5.74, 6) is 0.969. The first-order chi connectivity index (χ1) is 5.83. The summed E-state index contributed by atoms with van der Waals surface area (Å²) in [6.07, 6.45) is 0. The van der Waals surface area contributed by atoms with Gasteiger partial charge in [-0.15, -0.1) is 11.3 Å². The van der Waals surface area contributed by atoms with Crippen molar-refractivity contribution in [2.45, 2.75) is 6.92 Å². The molecule has 0 atom stereocenters. The lowest BCUT2D eigenvalue weighted by Gasteiger charge is -2.02. The molecule has 1 heterocycles. The molecule has 1 nitrogen and oxygen atoms in total. The van der Waals surface area contributed by atoms with Crippen LogP contribution in [0.5, 0.6) is 5.75 Å². The maximum atomic E-state index is 5.25. The van der Waals surface area contributed by atoms with Crippen molar-refractivity contribution >= 4 is 21.4 Å². The van der Waals surface area contributed by atoms with E-state index >= 15 is 0 Å². The molecular weight excluding hydrogens is 168 g/mol. The van der Waals surface area contributed by atoms with E-state index in [2.05, 4.69) is 24.4 Å². The molecule has 2 heteroatoms. The topological polar surface area (TPSA) is 9.23 Å². The smallest absolute Gasteiger partial charge is 0.127 e. The van der Waals surface area contributed by atoms with Crippen LogP contribution in [0.15, 0.2) is 23.6 Å². The lowest BCUT2D eigenvalue weighted by atomic mass is 10.2. The minimum absolute atomic E-state index is 0.969. The van der Waals surface area contributed by atoms with Crippen LogP contribution in [0.2, 0.25) is 0 Å². The molecule has 2 rings (SSSR count). The van der Waals surface area contributed by atoms with Gasteiger partial charge in [0.15, 0.2) is 0 Å². The monoisotopic (exact) mass is 178 g/mol. The van der Waals surface area contributed by atoms with Gasteiger partial charge in [-0.3, -0.25) is 0 Å². The molecule has 0 fully saturated rings. The van der Waals surface area contributed by atoms with Gasteiger partial charge >= 0.3 is 0 Å². The van der Waals surface area contributed by atoms with Crippen LogP contribution in [0.3, 0.4) is 0 Å². The summed E-state index contributed by atoms with van der Waals surface area (Å²) in [5.41, 5.74) is 1.32. The molecule has 0 bridgehead atoms. The number of hydrogen-bond donors (Lipinski definition) is 0. The van der Waals surface area contributed by atoms with Crippen molar-refractivity contribution in [1.82, 2.24) is 0 Å². The highest BCUT2D eigenvalue weighted by Crippen LogP contribution is 2.31. The minimum atomic E-state index is 0.969. The molecule has 0 N–H and O–H groups in total. The minimum Gasteiger partial charge on any atom is -0.496 e. The van der Waals surface area contributed by atoms with Gasteiger partial charge in [0.1, 0.15) is 5.75 Å². The van der Waals surface area contributed by atoms with E-state index in [9.17, 15) is 0 Å². The van der Waals surface area contributed by atoms with E-state index in [1.54, 1.807) is 18.4 Å². The quantitative estimate of drug-likeness (QED) is 0.651. The lowest BCUT2D eigenvalue weighted by Crippen LogP contribution is -1.83. The fourth-order valence-electron chi connectivity index (χ4n) is 1.35. The molecular formula is C10H10OS. The highest BCUT2D eigenvalue weighted by molar-refractivity contribution is 7.17. The second-order valence-electron chi connectivity index (χ2n) is 2.75. The average Bonchev–Trinajstić information content (AvgIpc) is 2.54. The zero-order valence-corrected chi connectivity index (χ0v) is 7.94. The third-order valence-electron chi connectivity index (χ3n) is 1.99. The molecule has 0 aliphatic carbocycles. The molecule has 0 saturated heterocycles. The standard InChI is InChI=1S/C10H10OS/c1-7-3-4-9(11-2)8-5-6-12-10(7)8/h3-6H,1-2H3. The first-order valence-corrected chi connectivity index (χ1v) is 4.71. The molecule has 0 saturated carbocycles. The molecule has 0 amide bonds. The van der Waals surface area contributed by atoms with Crippen LogP contribution < -0.4 is 4.74 Å². The Morgan fingerprint density at radius 1 is 1.25 bits per heavy atom. The zero-order valence-electron chi connectivity index (χ0n) is 7.13. The van der Waals surface area contributed by atoms with Gasteiger partial charge in [-0.05, 0) is 30.0 Å². The van der Waals surface area contributed by atoms with Gasteiger partial charge in [-0.1, -0.05) is 6.07 Å². The summed E-state index contributed by atoms with van der Waals surface area (Å²) in [6.45, 7) is 2.12. The number of hydrogen-bond acceptors (Lipinski definition) is 2. The average molecular weight is 178 g/mol. The SMILES string of the molecule is COc1ccc(C)c2sccc12. The zero-order chi connectivity index (χ0) is 8.55. The number of aryl methyl sites for hydroxylation is 1. The normalized spacial score (nSPS) is 10.5. The van der Waals surface area contributed by atoms with E-state index in [1.165, 1.54) is 15.6 Å². The Bertz CT molecular complexity index is 403. The van der Waals surface area contributed by atoms with Gasteiger partial charge in [0.05, 0.1) is 7.11 Å². The Balaban J connectivity index is 2.82. The van der Waals surface area contributed by atoms with Crippen LogP contribution in [0.25, 0.3) is 10.1 Å².